The van der Waals surface area contributed by atoms with E-state index in [0.717, 1.165) is 0 Å². The Morgan fingerprint density at radius 1 is 0.325 bits per heavy atom. The Kier molecular flexibility index (Phi) is 5.06. The van der Waals surface area contributed by atoms with Gasteiger partial charge in [-0.3, -0.25) is 0 Å². The van der Waals surface area contributed by atoms with Crippen LogP contribution < -0.4 is 0 Å². The number of benzene rings is 8. The molecule has 0 heterocycles. The molecule has 0 fully saturated rings. The molecule has 0 aliphatic carbocycles. The van der Waals surface area contributed by atoms with Crippen molar-refractivity contribution in [2.24, 2.45) is 0 Å². The van der Waals surface area contributed by atoms with Crippen LogP contribution in [-0.4, -0.2) is 0 Å². The second-order valence-electron chi connectivity index (χ2n) is 11.0. The Morgan fingerprint density at radius 3 is 1.57 bits per heavy atom. The van der Waals surface area contributed by atoms with Crippen LogP contribution >= 0.6 is 0 Å². The molecule has 188 valence electrons. The van der Waals surface area contributed by atoms with Crippen LogP contribution in [0.2, 0.25) is 0 Å². The van der Waals surface area contributed by atoms with E-state index in [9.17, 15) is 0 Å². The molecular weight excluding hydrogens is 480 g/mol. The Hall–Kier alpha value is -4.94. The lowest BCUT2D eigenvalue weighted by atomic mass is 9.83. The maximum Gasteiger partial charge on any atom is -0.00201 e. The van der Waals surface area contributed by atoms with E-state index in [-0.39, 0.29) is 0 Å². The number of rotatable bonds is 2. The number of hydrogen-bond donors (Lipinski definition) is 0. The standard InChI is InChI=1S/C40H28/c1-25-18-19-26(2)37(22-25)40-35-14-7-5-12-33(35)39(34-13-6-8-15-36(34)40)32-17-9-16-30-31(32)21-20-29-23-27-10-3-4-11-28(27)24-38(29)30/h3-24H,1-2H3. The molecule has 0 atom stereocenters. The summed E-state index contributed by atoms with van der Waals surface area (Å²) in [5, 5.41) is 12.9. The van der Waals surface area contributed by atoms with Crippen molar-refractivity contribution >= 4 is 53.9 Å². The second-order valence-corrected chi connectivity index (χ2v) is 11.0. The van der Waals surface area contributed by atoms with Gasteiger partial charge in [0.1, 0.15) is 0 Å². The van der Waals surface area contributed by atoms with Crippen molar-refractivity contribution in [3.8, 4) is 22.3 Å². The summed E-state index contributed by atoms with van der Waals surface area (Å²) in [6, 6.07) is 49.5. The molecule has 0 heteroatoms. The summed E-state index contributed by atoms with van der Waals surface area (Å²) in [5.74, 6) is 0. The van der Waals surface area contributed by atoms with E-state index in [2.05, 4.69) is 147 Å². The third kappa shape index (κ3) is 3.39. The van der Waals surface area contributed by atoms with Gasteiger partial charge in [-0.2, -0.15) is 0 Å². The Labute approximate surface area is 234 Å². The fraction of sp³-hybridized carbons (Fsp3) is 0.0500. The number of fused-ring (bicyclic) bond motifs is 6. The lowest BCUT2D eigenvalue weighted by Crippen LogP contribution is -1.93. The SMILES string of the molecule is Cc1ccc(C)c(-c2c3ccccc3c(-c3cccc4c3ccc3cc5ccccc5cc34)c3ccccc23)c1. The monoisotopic (exact) mass is 508 g/mol. The van der Waals surface area contributed by atoms with Gasteiger partial charge in [0.15, 0.2) is 0 Å². The highest BCUT2D eigenvalue weighted by molar-refractivity contribution is 6.25. The van der Waals surface area contributed by atoms with Gasteiger partial charge in [0, 0.05) is 0 Å². The lowest BCUT2D eigenvalue weighted by molar-refractivity contribution is 1.40. The molecule has 0 aromatic heterocycles. The second kappa shape index (κ2) is 8.79. The van der Waals surface area contributed by atoms with E-state index >= 15 is 0 Å². The molecule has 8 aromatic rings. The van der Waals surface area contributed by atoms with Gasteiger partial charge in [0.2, 0.25) is 0 Å². The van der Waals surface area contributed by atoms with Crippen molar-refractivity contribution in [3.63, 3.8) is 0 Å². The van der Waals surface area contributed by atoms with Crippen LogP contribution in [0.5, 0.6) is 0 Å². The summed E-state index contributed by atoms with van der Waals surface area (Å²) in [6.07, 6.45) is 0. The molecule has 0 aliphatic rings. The first-order chi connectivity index (χ1) is 19.7. The van der Waals surface area contributed by atoms with Gasteiger partial charge in [-0.1, -0.05) is 127 Å². The van der Waals surface area contributed by atoms with Crippen LogP contribution in [0, 0.1) is 13.8 Å². The van der Waals surface area contributed by atoms with Gasteiger partial charge in [0.25, 0.3) is 0 Å². The highest BCUT2D eigenvalue weighted by Gasteiger charge is 2.19. The molecule has 0 aliphatic heterocycles. The minimum Gasteiger partial charge on any atom is -0.0616 e. The molecule has 8 aromatic carbocycles. The molecule has 0 amide bonds. The maximum absolute atomic E-state index is 2.36. The first-order valence-corrected chi connectivity index (χ1v) is 14.0. The largest absolute Gasteiger partial charge is 0.0616 e. The number of aryl methyl sites for hydroxylation is 2. The molecule has 0 unspecified atom stereocenters. The van der Waals surface area contributed by atoms with E-state index in [1.807, 2.05) is 0 Å². The summed E-state index contributed by atoms with van der Waals surface area (Å²) >= 11 is 0. The fourth-order valence-corrected chi connectivity index (χ4v) is 6.71. The van der Waals surface area contributed by atoms with Gasteiger partial charge in [0.05, 0.1) is 0 Å². The van der Waals surface area contributed by atoms with Crippen LogP contribution in [0.4, 0.5) is 0 Å². The Balaban J connectivity index is 1.52. The highest BCUT2D eigenvalue weighted by Crippen LogP contribution is 2.46. The fourth-order valence-electron chi connectivity index (χ4n) is 6.71. The molecule has 0 spiro atoms. The van der Waals surface area contributed by atoms with Gasteiger partial charge < -0.3 is 0 Å². The predicted molar refractivity (Wildman–Crippen MR) is 174 cm³/mol. The van der Waals surface area contributed by atoms with Gasteiger partial charge in [-0.05, 0) is 108 Å². The minimum atomic E-state index is 1.28. The Morgan fingerprint density at radius 2 is 0.900 bits per heavy atom. The van der Waals surface area contributed by atoms with Crippen molar-refractivity contribution in [2.45, 2.75) is 13.8 Å². The Bertz CT molecular complexity index is 2230. The van der Waals surface area contributed by atoms with E-state index in [4.69, 9.17) is 0 Å². The van der Waals surface area contributed by atoms with Crippen molar-refractivity contribution < 1.29 is 0 Å². The van der Waals surface area contributed by atoms with Crippen LogP contribution in [0.3, 0.4) is 0 Å². The van der Waals surface area contributed by atoms with Crippen LogP contribution in [0.15, 0.2) is 133 Å². The van der Waals surface area contributed by atoms with Crippen molar-refractivity contribution in [1.29, 1.82) is 0 Å². The third-order valence-electron chi connectivity index (χ3n) is 8.61. The zero-order chi connectivity index (χ0) is 26.8. The average Bonchev–Trinajstić information content (AvgIpc) is 3.00. The van der Waals surface area contributed by atoms with Crippen molar-refractivity contribution in [2.75, 3.05) is 0 Å². The molecule has 0 saturated carbocycles. The average molecular weight is 509 g/mol. The zero-order valence-electron chi connectivity index (χ0n) is 22.7. The smallest absolute Gasteiger partial charge is 0.00201 e. The topological polar surface area (TPSA) is 0 Å². The summed E-state index contributed by atoms with van der Waals surface area (Å²) in [4.78, 5) is 0. The summed E-state index contributed by atoms with van der Waals surface area (Å²) in [6.45, 7) is 4.41. The molecule has 0 bridgehead atoms. The quantitative estimate of drug-likeness (QED) is 0.161. The van der Waals surface area contributed by atoms with E-state index < -0.39 is 0 Å². The molecule has 0 radical (unpaired) electrons. The van der Waals surface area contributed by atoms with E-state index in [0.29, 0.717) is 0 Å². The maximum atomic E-state index is 2.36. The van der Waals surface area contributed by atoms with Crippen molar-refractivity contribution in [3.05, 3.63) is 145 Å². The summed E-state index contributed by atoms with van der Waals surface area (Å²) in [7, 11) is 0. The van der Waals surface area contributed by atoms with Gasteiger partial charge in [-0.15, -0.1) is 0 Å². The van der Waals surface area contributed by atoms with Crippen molar-refractivity contribution in [1.82, 2.24) is 0 Å². The molecule has 0 N–H and O–H groups in total. The molecule has 40 heavy (non-hydrogen) atoms. The molecular formula is C40H28. The molecule has 0 nitrogen and oxygen atoms in total. The van der Waals surface area contributed by atoms with Gasteiger partial charge >= 0.3 is 0 Å². The van der Waals surface area contributed by atoms with Crippen LogP contribution in [0.25, 0.3) is 76.1 Å². The van der Waals surface area contributed by atoms with E-state index in [1.165, 1.54) is 87.2 Å². The minimum absolute atomic E-state index is 1.28. The van der Waals surface area contributed by atoms with Crippen LogP contribution in [0.1, 0.15) is 11.1 Å². The predicted octanol–water partition coefficient (Wildman–Crippen LogP) is 11.4. The molecule has 8 rings (SSSR count). The molecule has 0 saturated heterocycles. The summed E-state index contributed by atoms with van der Waals surface area (Å²) in [5.41, 5.74) is 7.82. The van der Waals surface area contributed by atoms with Gasteiger partial charge in [-0.25, -0.2) is 0 Å². The third-order valence-corrected chi connectivity index (χ3v) is 8.61. The highest BCUT2D eigenvalue weighted by atomic mass is 14.2. The first kappa shape index (κ1) is 23.0. The first-order valence-electron chi connectivity index (χ1n) is 14.0. The zero-order valence-corrected chi connectivity index (χ0v) is 22.7. The van der Waals surface area contributed by atoms with Crippen LogP contribution in [-0.2, 0) is 0 Å². The number of hydrogen-bond acceptors (Lipinski definition) is 0. The summed E-state index contributed by atoms with van der Waals surface area (Å²) < 4.78 is 0. The van der Waals surface area contributed by atoms with E-state index in [1.54, 1.807) is 0 Å². The lowest BCUT2D eigenvalue weighted by Gasteiger charge is -2.20. The normalized spacial score (nSPS) is 11.8.